The minimum atomic E-state index is -4.14. The molecular weight excluding hydrogens is 614 g/mol. The third-order valence-electron chi connectivity index (χ3n) is 6.30. The number of carbonyl (C=O) groups is 3. The van der Waals surface area contributed by atoms with E-state index in [4.69, 9.17) is 9.47 Å². The molecule has 1 aliphatic rings. The fourth-order valence-corrected chi connectivity index (χ4v) is 7.52. The molecule has 0 aliphatic carbocycles. The van der Waals surface area contributed by atoms with Gasteiger partial charge in [0.2, 0.25) is 8.87 Å². The molecule has 0 aromatic heterocycles. The van der Waals surface area contributed by atoms with Gasteiger partial charge in [-0.25, -0.2) is 13.2 Å². The van der Waals surface area contributed by atoms with E-state index in [1.54, 1.807) is 49.4 Å². The Morgan fingerprint density at radius 3 is 2.27 bits per heavy atom. The predicted molar refractivity (Wildman–Crippen MR) is 159 cm³/mol. The molecule has 15 heteroatoms. The lowest BCUT2D eigenvalue weighted by atomic mass is 10.1. The van der Waals surface area contributed by atoms with Crippen LogP contribution in [0.2, 0.25) is 0 Å². The molecule has 2 atom stereocenters. The van der Waals surface area contributed by atoms with Crippen LogP contribution in [0.4, 0.5) is 5.69 Å². The second kappa shape index (κ2) is 13.6. The molecule has 2 N–H and O–H groups in total. The lowest BCUT2D eigenvalue weighted by molar-refractivity contribution is -0.384. The SMILES string of the molecule is CC(O)=C(C(=O)OCc1ccc([N+](=O)[O-])cc1)N1C(=O)C(NC(=O)COc2ccccc2)C1SS(=O)(=O)c1ccc(C)cc1. The number of non-ortho nitro benzene ring substituents is 1. The molecule has 13 nitrogen and oxygen atoms in total. The van der Waals surface area contributed by atoms with Crippen LogP contribution in [0.1, 0.15) is 18.1 Å². The zero-order chi connectivity index (χ0) is 32.0. The standard InChI is InChI=1S/C29H27N3O10S2/c1-18-8-14-23(15-9-18)44(39,40)43-28-25(30-24(34)17-41-22-6-4-3-5-7-22)27(35)31(28)26(19(2)33)29(36)42-16-20-10-12-21(13-11-20)32(37)38/h3-15,25,28,33H,16-17H2,1-2H3,(H,30,34). The van der Waals surface area contributed by atoms with Gasteiger partial charge in [0.15, 0.2) is 12.3 Å². The number of rotatable bonds is 12. The number of aliphatic hydroxyl groups excluding tert-OH is 1. The summed E-state index contributed by atoms with van der Waals surface area (Å²) in [5, 5.41) is 22.4. The summed E-state index contributed by atoms with van der Waals surface area (Å²) in [6.45, 7) is 2.05. The Labute approximate surface area is 255 Å². The van der Waals surface area contributed by atoms with Crippen molar-refractivity contribution in [1.29, 1.82) is 0 Å². The number of nitrogens with zero attached hydrogens (tertiary/aromatic N) is 2. The van der Waals surface area contributed by atoms with Crippen LogP contribution in [0.3, 0.4) is 0 Å². The lowest BCUT2D eigenvalue weighted by Gasteiger charge is -2.46. The Morgan fingerprint density at radius 2 is 1.68 bits per heavy atom. The highest BCUT2D eigenvalue weighted by atomic mass is 33.1. The van der Waals surface area contributed by atoms with Crippen LogP contribution in [0.25, 0.3) is 0 Å². The van der Waals surface area contributed by atoms with Crippen LogP contribution in [-0.2, 0) is 34.6 Å². The number of hydrogen-bond acceptors (Lipinski definition) is 11. The molecule has 0 radical (unpaired) electrons. The summed E-state index contributed by atoms with van der Waals surface area (Å²) >= 11 is 0. The highest BCUT2D eigenvalue weighted by molar-refractivity contribution is 8.72. The van der Waals surface area contributed by atoms with Gasteiger partial charge in [-0.3, -0.25) is 24.6 Å². The summed E-state index contributed by atoms with van der Waals surface area (Å²) in [7, 11) is -3.83. The van der Waals surface area contributed by atoms with E-state index in [2.05, 4.69) is 5.32 Å². The topological polar surface area (TPSA) is 182 Å². The number of hydrogen-bond donors (Lipinski definition) is 2. The van der Waals surface area contributed by atoms with Crippen molar-refractivity contribution in [2.24, 2.45) is 0 Å². The summed E-state index contributed by atoms with van der Waals surface area (Å²) in [6.07, 6.45) is 0. The normalized spacial score (nSPS) is 16.8. The molecule has 3 aromatic rings. The van der Waals surface area contributed by atoms with Gasteiger partial charge in [-0.15, -0.1) is 0 Å². The first-order valence-corrected chi connectivity index (χ1v) is 15.9. The number of amides is 2. The minimum Gasteiger partial charge on any atom is -0.510 e. The quantitative estimate of drug-likeness (QED) is 0.0561. The monoisotopic (exact) mass is 641 g/mol. The van der Waals surface area contributed by atoms with Crippen LogP contribution in [-0.4, -0.2) is 59.2 Å². The summed E-state index contributed by atoms with van der Waals surface area (Å²) in [4.78, 5) is 50.1. The van der Waals surface area contributed by atoms with E-state index in [-0.39, 0.29) is 17.2 Å². The average molecular weight is 642 g/mol. The van der Waals surface area contributed by atoms with Gasteiger partial charge in [0.05, 0.1) is 9.82 Å². The number of nitro benzene ring substituents is 1. The average Bonchev–Trinajstić information content (AvgIpc) is 3.00. The largest absolute Gasteiger partial charge is 0.510 e. The fraction of sp³-hybridized carbons (Fsp3) is 0.207. The third-order valence-corrected chi connectivity index (χ3v) is 10.0. The van der Waals surface area contributed by atoms with E-state index in [1.165, 1.54) is 36.4 Å². The first-order valence-electron chi connectivity index (χ1n) is 13.0. The van der Waals surface area contributed by atoms with Crippen molar-refractivity contribution >= 4 is 43.1 Å². The van der Waals surface area contributed by atoms with Crippen LogP contribution in [0, 0.1) is 17.0 Å². The van der Waals surface area contributed by atoms with Gasteiger partial charge in [0.25, 0.3) is 17.5 Å². The number of likely N-dealkylation sites (tertiary alicyclic amines) is 1. The zero-order valence-electron chi connectivity index (χ0n) is 23.4. The van der Waals surface area contributed by atoms with Crippen LogP contribution in [0.5, 0.6) is 5.75 Å². The van der Waals surface area contributed by atoms with Crippen LogP contribution >= 0.6 is 10.8 Å². The summed E-state index contributed by atoms with van der Waals surface area (Å²) in [5.41, 5.74) is 0.398. The zero-order valence-corrected chi connectivity index (χ0v) is 25.0. The molecule has 1 aliphatic heterocycles. The Balaban J connectivity index is 1.55. The van der Waals surface area contributed by atoms with Crippen molar-refractivity contribution in [2.45, 2.75) is 36.8 Å². The highest BCUT2D eigenvalue weighted by Crippen LogP contribution is 2.40. The van der Waals surface area contributed by atoms with Crippen molar-refractivity contribution in [3.05, 3.63) is 112 Å². The first-order chi connectivity index (χ1) is 20.9. The lowest BCUT2D eigenvalue weighted by Crippen LogP contribution is -2.70. The molecule has 0 spiro atoms. The number of allylic oxidation sites excluding steroid dienone is 1. The molecule has 1 fully saturated rings. The number of nitrogens with one attached hydrogen (secondary N) is 1. The van der Waals surface area contributed by atoms with Crippen molar-refractivity contribution in [1.82, 2.24) is 10.2 Å². The van der Waals surface area contributed by atoms with Gasteiger partial charge in [-0.1, -0.05) is 35.9 Å². The number of ether oxygens (including phenoxy) is 2. The van der Waals surface area contributed by atoms with E-state index >= 15 is 0 Å². The number of carbonyl (C=O) groups excluding carboxylic acids is 3. The third kappa shape index (κ3) is 7.54. The van der Waals surface area contributed by atoms with Crippen molar-refractivity contribution < 1.29 is 42.3 Å². The van der Waals surface area contributed by atoms with Gasteiger partial charge in [-0.05, 0) is 55.8 Å². The number of nitro groups is 1. The van der Waals surface area contributed by atoms with Crippen molar-refractivity contribution in [3.8, 4) is 5.75 Å². The highest BCUT2D eigenvalue weighted by Gasteiger charge is 2.54. The molecule has 2 unspecified atom stereocenters. The van der Waals surface area contributed by atoms with Gasteiger partial charge in [0, 0.05) is 22.9 Å². The number of β-lactam (4-membered cyclic amide) rings is 1. The molecule has 0 saturated carbocycles. The molecule has 3 aromatic carbocycles. The maximum atomic E-state index is 13.3. The Bertz CT molecular complexity index is 1690. The second-order valence-corrected chi connectivity index (χ2v) is 13.5. The Kier molecular flexibility index (Phi) is 9.90. The number of esters is 1. The number of benzene rings is 3. The van der Waals surface area contributed by atoms with E-state index in [0.29, 0.717) is 22.1 Å². The summed E-state index contributed by atoms with van der Waals surface area (Å²) < 4.78 is 37.3. The summed E-state index contributed by atoms with van der Waals surface area (Å²) in [5.74, 6) is -2.99. The molecule has 2 amide bonds. The van der Waals surface area contributed by atoms with Crippen LogP contribution < -0.4 is 10.1 Å². The smallest absolute Gasteiger partial charge is 0.358 e. The Morgan fingerprint density at radius 1 is 1.05 bits per heavy atom. The van der Waals surface area contributed by atoms with Gasteiger partial charge in [-0.2, -0.15) is 0 Å². The number of aryl methyl sites for hydroxylation is 1. The summed E-state index contributed by atoms with van der Waals surface area (Å²) in [6, 6.07) is 18.1. The van der Waals surface area contributed by atoms with Gasteiger partial charge >= 0.3 is 5.97 Å². The maximum absolute atomic E-state index is 13.3. The van der Waals surface area contributed by atoms with Crippen LogP contribution in [0.15, 0.2) is 95.2 Å². The molecular formula is C29H27N3O10S2. The van der Waals surface area contributed by atoms with E-state index < -0.39 is 61.1 Å². The molecule has 44 heavy (non-hydrogen) atoms. The maximum Gasteiger partial charge on any atom is 0.358 e. The molecule has 0 bridgehead atoms. The number of para-hydroxylation sites is 1. The molecule has 1 saturated heterocycles. The van der Waals surface area contributed by atoms with Gasteiger partial charge < -0.3 is 19.9 Å². The molecule has 1 heterocycles. The Hall–Kier alpha value is -4.89. The van der Waals surface area contributed by atoms with Crippen molar-refractivity contribution in [2.75, 3.05) is 6.61 Å². The van der Waals surface area contributed by atoms with Crippen molar-refractivity contribution in [3.63, 3.8) is 0 Å². The second-order valence-electron chi connectivity index (χ2n) is 9.54. The number of aliphatic hydroxyl groups is 1. The van der Waals surface area contributed by atoms with E-state index in [1.807, 2.05) is 0 Å². The van der Waals surface area contributed by atoms with E-state index in [0.717, 1.165) is 17.4 Å². The first kappa shape index (κ1) is 32.0. The molecule has 230 valence electrons. The minimum absolute atomic E-state index is 0.0723. The molecule has 4 rings (SSSR count). The van der Waals surface area contributed by atoms with Gasteiger partial charge in [0.1, 0.15) is 29.5 Å². The fourth-order valence-electron chi connectivity index (χ4n) is 4.06. The van der Waals surface area contributed by atoms with E-state index in [9.17, 15) is 38.0 Å². The predicted octanol–water partition coefficient (Wildman–Crippen LogP) is 3.59.